The lowest BCUT2D eigenvalue weighted by atomic mass is 10.2. The van der Waals surface area contributed by atoms with Crippen molar-refractivity contribution in [2.24, 2.45) is 0 Å². The molecule has 1 aromatic heterocycles. The van der Waals surface area contributed by atoms with E-state index in [4.69, 9.17) is 0 Å². The largest absolute Gasteiger partial charge is 0.336 e. The Labute approximate surface area is 110 Å². The molecule has 0 aliphatic heterocycles. The molecule has 0 fully saturated rings. The Morgan fingerprint density at radius 1 is 1.47 bits per heavy atom. The van der Waals surface area contributed by atoms with Gasteiger partial charge in [0.25, 0.3) is 0 Å². The summed E-state index contributed by atoms with van der Waals surface area (Å²) in [5, 5.41) is 5.26. The van der Waals surface area contributed by atoms with Crippen LogP contribution < -0.4 is 10.6 Å². The molecule has 0 saturated carbocycles. The van der Waals surface area contributed by atoms with E-state index in [0.29, 0.717) is 24.3 Å². The lowest BCUT2D eigenvalue weighted by Crippen LogP contribution is -2.31. The van der Waals surface area contributed by atoms with Crippen molar-refractivity contribution < 1.29 is 9.18 Å². The number of hydrogen-bond donors (Lipinski definition) is 2. The van der Waals surface area contributed by atoms with Crippen LogP contribution in [-0.4, -0.2) is 22.1 Å². The molecule has 0 saturated heterocycles. The molecule has 0 aliphatic carbocycles. The summed E-state index contributed by atoms with van der Waals surface area (Å²) in [7, 11) is 0. The molecule has 6 heteroatoms. The molecule has 0 spiro atoms. The van der Waals surface area contributed by atoms with E-state index in [1.165, 1.54) is 6.07 Å². The maximum Gasteiger partial charge on any atom is 0.319 e. The number of nitrogens with one attached hydrogen (secondary N) is 2. The van der Waals surface area contributed by atoms with Gasteiger partial charge in [-0.1, -0.05) is 6.07 Å². The number of rotatable bonds is 4. The molecule has 5 nitrogen and oxygen atoms in total. The second kappa shape index (κ2) is 5.99. The number of carbonyl (C=O) groups excluding carboxylic acids is 1. The monoisotopic (exact) mass is 262 g/mol. The summed E-state index contributed by atoms with van der Waals surface area (Å²) >= 11 is 0. The second-order valence-corrected chi connectivity index (χ2v) is 4.15. The molecule has 2 N–H and O–H groups in total. The van der Waals surface area contributed by atoms with Crippen LogP contribution in [-0.2, 0) is 6.54 Å². The van der Waals surface area contributed by atoms with Gasteiger partial charge in [0, 0.05) is 31.2 Å². The molecular weight excluding hydrogens is 247 g/mol. The van der Waals surface area contributed by atoms with Crippen LogP contribution >= 0.6 is 0 Å². The van der Waals surface area contributed by atoms with Crippen molar-refractivity contribution in [3.63, 3.8) is 0 Å². The van der Waals surface area contributed by atoms with Gasteiger partial charge in [-0.05, 0) is 24.6 Å². The summed E-state index contributed by atoms with van der Waals surface area (Å²) in [4.78, 5) is 15.5. The molecule has 0 atom stereocenters. The summed E-state index contributed by atoms with van der Waals surface area (Å²) in [5.41, 5.74) is 0.981. The number of halogens is 1. The van der Waals surface area contributed by atoms with Crippen LogP contribution in [0, 0.1) is 12.7 Å². The van der Waals surface area contributed by atoms with Crippen LogP contribution in [0.4, 0.5) is 14.9 Å². The number of imidazole rings is 1. The van der Waals surface area contributed by atoms with Crippen molar-refractivity contribution in [1.29, 1.82) is 0 Å². The minimum atomic E-state index is -0.358. The topological polar surface area (TPSA) is 59.0 Å². The first-order valence-corrected chi connectivity index (χ1v) is 5.92. The molecule has 0 unspecified atom stereocenters. The third-order valence-corrected chi connectivity index (χ3v) is 2.64. The Hall–Kier alpha value is -2.37. The van der Waals surface area contributed by atoms with E-state index in [9.17, 15) is 9.18 Å². The highest BCUT2D eigenvalue weighted by atomic mass is 19.1. The highest BCUT2D eigenvalue weighted by Crippen LogP contribution is 2.13. The van der Waals surface area contributed by atoms with Crippen LogP contribution in [0.3, 0.4) is 0 Å². The minimum absolute atomic E-state index is 0.337. The third kappa shape index (κ3) is 3.80. The lowest BCUT2D eigenvalue weighted by Gasteiger charge is -2.08. The number of benzene rings is 1. The van der Waals surface area contributed by atoms with Crippen molar-refractivity contribution in [2.45, 2.75) is 13.5 Å². The van der Waals surface area contributed by atoms with E-state index in [1.807, 2.05) is 10.8 Å². The van der Waals surface area contributed by atoms with Crippen LogP contribution in [0.1, 0.15) is 5.56 Å². The number of aromatic nitrogens is 2. The van der Waals surface area contributed by atoms with E-state index in [2.05, 4.69) is 15.6 Å². The van der Waals surface area contributed by atoms with Crippen LogP contribution in [0.5, 0.6) is 0 Å². The Balaban J connectivity index is 1.79. The van der Waals surface area contributed by atoms with E-state index >= 15 is 0 Å². The fourth-order valence-corrected chi connectivity index (χ4v) is 1.56. The predicted molar refractivity (Wildman–Crippen MR) is 70.4 cm³/mol. The molecular formula is C13H15FN4O. The zero-order valence-electron chi connectivity index (χ0n) is 10.6. The molecule has 0 radical (unpaired) electrons. The molecule has 2 rings (SSSR count). The SMILES string of the molecule is Cc1ccc(NC(=O)NCCn2ccnc2)cc1F. The van der Waals surface area contributed by atoms with Crippen molar-refractivity contribution >= 4 is 11.7 Å². The van der Waals surface area contributed by atoms with E-state index in [1.54, 1.807) is 31.6 Å². The Bertz CT molecular complexity index is 554. The molecule has 1 heterocycles. The maximum atomic E-state index is 13.3. The number of hydrogen-bond acceptors (Lipinski definition) is 2. The molecule has 2 amide bonds. The fourth-order valence-electron chi connectivity index (χ4n) is 1.56. The molecule has 2 aromatic rings. The summed E-state index contributed by atoms with van der Waals surface area (Å²) in [6.45, 7) is 2.77. The van der Waals surface area contributed by atoms with Crippen molar-refractivity contribution in [2.75, 3.05) is 11.9 Å². The number of aryl methyl sites for hydroxylation is 1. The van der Waals surface area contributed by atoms with Crippen molar-refractivity contribution in [3.8, 4) is 0 Å². The van der Waals surface area contributed by atoms with E-state index in [-0.39, 0.29) is 11.8 Å². The molecule has 1 aromatic carbocycles. The zero-order chi connectivity index (χ0) is 13.7. The Kier molecular flexibility index (Phi) is 4.12. The van der Waals surface area contributed by atoms with Gasteiger partial charge >= 0.3 is 6.03 Å². The van der Waals surface area contributed by atoms with E-state index in [0.717, 1.165) is 0 Å². The van der Waals surface area contributed by atoms with Crippen LogP contribution in [0.2, 0.25) is 0 Å². The van der Waals surface area contributed by atoms with Gasteiger partial charge in [0.2, 0.25) is 0 Å². The lowest BCUT2D eigenvalue weighted by molar-refractivity contribution is 0.251. The highest BCUT2D eigenvalue weighted by molar-refractivity contribution is 5.89. The number of carbonyl (C=O) groups is 1. The number of urea groups is 1. The van der Waals surface area contributed by atoms with Gasteiger partial charge < -0.3 is 15.2 Å². The van der Waals surface area contributed by atoms with E-state index < -0.39 is 0 Å². The quantitative estimate of drug-likeness (QED) is 0.887. The second-order valence-electron chi connectivity index (χ2n) is 4.15. The Morgan fingerprint density at radius 3 is 3.00 bits per heavy atom. The number of amides is 2. The standard InChI is InChI=1S/C13H15FN4O/c1-10-2-3-11(8-12(10)14)17-13(19)16-5-7-18-6-4-15-9-18/h2-4,6,8-9H,5,7H2,1H3,(H2,16,17,19). The fraction of sp³-hybridized carbons (Fsp3) is 0.231. The molecule has 0 bridgehead atoms. The maximum absolute atomic E-state index is 13.3. The minimum Gasteiger partial charge on any atom is -0.336 e. The summed E-state index contributed by atoms with van der Waals surface area (Å²) in [5.74, 6) is -0.337. The summed E-state index contributed by atoms with van der Waals surface area (Å²) in [6.07, 6.45) is 5.17. The van der Waals surface area contributed by atoms with Gasteiger partial charge in [0.05, 0.1) is 6.33 Å². The van der Waals surface area contributed by atoms with Gasteiger partial charge in [-0.25, -0.2) is 14.2 Å². The number of nitrogens with zero attached hydrogens (tertiary/aromatic N) is 2. The van der Waals surface area contributed by atoms with Gasteiger partial charge in [-0.15, -0.1) is 0 Å². The van der Waals surface area contributed by atoms with Crippen molar-refractivity contribution in [1.82, 2.24) is 14.9 Å². The predicted octanol–water partition coefficient (Wildman–Crippen LogP) is 2.15. The van der Waals surface area contributed by atoms with Gasteiger partial charge in [0.15, 0.2) is 0 Å². The number of anilines is 1. The first-order chi connectivity index (χ1) is 9.15. The van der Waals surface area contributed by atoms with Gasteiger partial charge in [-0.2, -0.15) is 0 Å². The highest BCUT2D eigenvalue weighted by Gasteiger charge is 2.03. The van der Waals surface area contributed by atoms with Crippen LogP contribution in [0.15, 0.2) is 36.9 Å². The molecule has 0 aliphatic rings. The van der Waals surface area contributed by atoms with Crippen molar-refractivity contribution in [3.05, 3.63) is 48.3 Å². The average molecular weight is 262 g/mol. The first kappa shape index (κ1) is 13.1. The molecule has 100 valence electrons. The third-order valence-electron chi connectivity index (χ3n) is 2.64. The first-order valence-electron chi connectivity index (χ1n) is 5.92. The van der Waals surface area contributed by atoms with Gasteiger partial charge in [0.1, 0.15) is 5.82 Å². The summed E-state index contributed by atoms with van der Waals surface area (Å²) in [6, 6.07) is 4.22. The Morgan fingerprint density at radius 2 is 2.32 bits per heavy atom. The average Bonchev–Trinajstić information content (AvgIpc) is 2.87. The molecule has 19 heavy (non-hydrogen) atoms. The smallest absolute Gasteiger partial charge is 0.319 e. The van der Waals surface area contributed by atoms with Crippen LogP contribution in [0.25, 0.3) is 0 Å². The van der Waals surface area contributed by atoms with Gasteiger partial charge in [-0.3, -0.25) is 0 Å². The summed E-state index contributed by atoms with van der Waals surface area (Å²) < 4.78 is 15.1. The zero-order valence-corrected chi connectivity index (χ0v) is 10.6. The normalized spacial score (nSPS) is 10.2.